The monoisotopic (exact) mass is 601 g/mol. The second-order valence-corrected chi connectivity index (χ2v) is 10.4. The Balaban J connectivity index is 0.00000452. The van der Waals surface area contributed by atoms with E-state index in [4.69, 9.17) is 14.2 Å². The normalized spacial score (nSPS) is 10.4. The first-order valence-corrected chi connectivity index (χ1v) is 16.2. The van der Waals surface area contributed by atoms with E-state index in [1.165, 1.54) is 77.5 Å². The molecule has 0 fully saturated rings. The average molecular weight is 602 g/mol. The molecule has 9 heteroatoms. The Morgan fingerprint density at radius 2 is 1.40 bits per heavy atom. The number of imidazole rings is 1. The van der Waals surface area contributed by atoms with Crippen LogP contribution in [0.5, 0.6) is 6.01 Å². The van der Waals surface area contributed by atoms with E-state index < -0.39 is 24.5 Å². The van der Waals surface area contributed by atoms with E-state index in [1.54, 1.807) is 11.5 Å². The standard InChI is InChI=1S/C32H49N3O6.C2H6/c1-4-6-7-8-9-10-11-12-13-14-15-19-22-40-32-33-23-28(35(32)24-27-20-17-16-18-21-27)31(38)41-26-29(36)34(3)25-30(37)39-5-2;1-2/h16-18,20-21,23H,4-15,19,22,24-26H2,1-3H3;1-2H3. The van der Waals surface area contributed by atoms with E-state index in [-0.39, 0.29) is 18.8 Å². The zero-order chi connectivity index (χ0) is 31.7. The molecule has 242 valence electrons. The fraction of sp³-hybridized carbons (Fsp3) is 0.647. The number of hydrogen-bond donors (Lipinski definition) is 0. The van der Waals surface area contributed by atoms with Crippen LogP contribution < -0.4 is 4.74 Å². The molecule has 1 heterocycles. The Hall–Kier alpha value is -3.36. The van der Waals surface area contributed by atoms with Crippen LogP contribution >= 0.6 is 0 Å². The van der Waals surface area contributed by atoms with Gasteiger partial charge in [-0.2, -0.15) is 0 Å². The summed E-state index contributed by atoms with van der Waals surface area (Å²) in [5, 5.41) is 0. The van der Waals surface area contributed by atoms with Crippen molar-refractivity contribution in [2.45, 2.75) is 111 Å². The van der Waals surface area contributed by atoms with Crippen molar-refractivity contribution in [1.29, 1.82) is 0 Å². The summed E-state index contributed by atoms with van der Waals surface area (Å²) in [6.45, 7) is 8.34. The van der Waals surface area contributed by atoms with E-state index in [0.29, 0.717) is 19.2 Å². The zero-order valence-corrected chi connectivity index (χ0v) is 27.3. The number of likely N-dealkylation sites (N-methyl/N-ethyl adjacent to an activating group) is 1. The van der Waals surface area contributed by atoms with Crippen LogP contribution in [0.2, 0.25) is 0 Å². The molecule has 0 saturated heterocycles. The quantitative estimate of drug-likeness (QED) is 0.104. The highest BCUT2D eigenvalue weighted by Gasteiger charge is 2.22. The molecule has 2 rings (SSSR count). The number of carbonyl (C=O) groups is 3. The maximum Gasteiger partial charge on any atom is 0.357 e. The van der Waals surface area contributed by atoms with Gasteiger partial charge in [-0.05, 0) is 18.9 Å². The number of hydrogen-bond acceptors (Lipinski definition) is 7. The summed E-state index contributed by atoms with van der Waals surface area (Å²) < 4.78 is 17.8. The van der Waals surface area contributed by atoms with Crippen molar-refractivity contribution in [3.05, 3.63) is 47.8 Å². The van der Waals surface area contributed by atoms with Crippen molar-refractivity contribution in [3.8, 4) is 6.01 Å². The first-order chi connectivity index (χ1) is 21.0. The number of ether oxygens (including phenoxy) is 3. The third-order valence-corrected chi connectivity index (χ3v) is 6.86. The fourth-order valence-electron chi connectivity index (χ4n) is 4.46. The summed E-state index contributed by atoms with van der Waals surface area (Å²) in [5.41, 5.74) is 1.17. The molecule has 43 heavy (non-hydrogen) atoms. The van der Waals surface area contributed by atoms with Crippen molar-refractivity contribution in [2.24, 2.45) is 0 Å². The van der Waals surface area contributed by atoms with E-state index in [2.05, 4.69) is 11.9 Å². The smallest absolute Gasteiger partial charge is 0.357 e. The van der Waals surface area contributed by atoms with E-state index in [9.17, 15) is 14.4 Å². The van der Waals surface area contributed by atoms with Crippen LogP contribution in [0.1, 0.15) is 121 Å². The van der Waals surface area contributed by atoms with Gasteiger partial charge in [0.1, 0.15) is 6.54 Å². The van der Waals surface area contributed by atoms with Crippen LogP contribution in [0.3, 0.4) is 0 Å². The number of rotatable bonds is 22. The summed E-state index contributed by atoms with van der Waals surface area (Å²) >= 11 is 0. The molecule has 1 aromatic heterocycles. The van der Waals surface area contributed by atoms with Crippen molar-refractivity contribution in [3.63, 3.8) is 0 Å². The van der Waals surface area contributed by atoms with Crippen molar-refractivity contribution >= 4 is 17.8 Å². The summed E-state index contributed by atoms with van der Waals surface area (Å²) in [6, 6.07) is 10.0. The van der Waals surface area contributed by atoms with Gasteiger partial charge in [-0.15, -0.1) is 0 Å². The Kier molecular flexibility index (Phi) is 21.1. The SMILES string of the molecule is CC.CCCCCCCCCCCCCCOc1ncc(C(=O)OCC(=O)N(C)CC(=O)OCC)n1Cc1ccccc1. The Labute approximate surface area is 259 Å². The van der Waals surface area contributed by atoms with Gasteiger partial charge in [0.15, 0.2) is 12.3 Å². The lowest BCUT2D eigenvalue weighted by molar-refractivity contribution is -0.148. The molecule has 0 atom stereocenters. The fourth-order valence-corrected chi connectivity index (χ4v) is 4.46. The van der Waals surface area contributed by atoms with Crippen LogP contribution in [-0.2, 0) is 25.6 Å². The van der Waals surface area contributed by atoms with Gasteiger partial charge in [0.05, 0.1) is 26.0 Å². The topological polar surface area (TPSA) is 100.0 Å². The Bertz CT molecular complexity index is 1020. The molecule has 0 N–H and O–H groups in total. The lowest BCUT2D eigenvalue weighted by Gasteiger charge is -2.16. The van der Waals surface area contributed by atoms with E-state index >= 15 is 0 Å². The average Bonchev–Trinajstić information content (AvgIpc) is 3.41. The molecule has 0 radical (unpaired) electrons. The van der Waals surface area contributed by atoms with Gasteiger partial charge in [0.25, 0.3) is 11.9 Å². The van der Waals surface area contributed by atoms with Gasteiger partial charge < -0.3 is 19.1 Å². The maximum absolute atomic E-state index is 12.9. The second-order valence-electron chi connectivity index (χ2n) is 10.4. The van der Waals surface area contributed by atoms with E-state index in [1.807, 2.05) is 44.2 Å². The molecular weight excluding hydrogens is 546 g/mol. The van der Waals surface area contributed by atoms with E-state index in [0.717, 1.165) is 23.3 Å². The highest BCUT2D eigenvalue weighted by Crippen LogP contribution is 2.18. The predicted molar refractivity (Wildman–Crippen MR) is 170 cm³/mol. The van der Waals surface area contributed by atoms with Gasteiger partial charge in [0.2, 0.25) is 0 Å². The van der Waals surface area contributed by atoms with Crippen molar-refractivity contribution < 1.29 is 28.6 Å². The molecular formula is C34H55N3O6. The second kappa shape index (κ2) is 24.1. The molecule has 0 unspecified atom stereocenters. The van der Waals surface area contributed by atoms with Crippen LogP contribution in [0.15, 0.2) is 36.5 Å². The van der Waals surface area contributed by atoms with Gasteiger partial charge in [0, 0.05) is 7.05 Å². The van der Waals surface area contributed by atoms with Crippen LogP contribution in [0, 0.1) is 0 Å². The Morgan fingerprint density at radius 1 is 0.814 bits per heavy atom. The van der Waals surface area contributed by atoms with Crippen LogP contribution in [0.25, 0.3) is 0 Å². The lowest BCUT2D eigenvalue weighted by atomic mass is 10.1. The van der Waals surface area contributed by atoms with Gasteiger partial charge in [-0.1, -0.05) is 122 Å². The third-order valence-electron chi connectivity index (χ3n) is 6.86. The summed E-state index contributed by atoms with van der Waals surface area (Å²) in [7, 11) is 1.45. The maximum atomic E-state index is 12.9. The molecule has 0 aliphatic carbocycles. The number of amides is 1. The lowest BCUT2D eigenvalue weighted by Crippen LogP contribution is -2.36. The summed E-state index contributed by atoms with van der Waals surface area (Å²) in [6.07, 6.45) is 16.6. The minimum absolute atomic E-state index is 0.194. The van der Waals surface area contributed by atoms with Gasteiger partial charge in [-0.3, -0.25) is 14.2 Å². The molecule has 0 aliphatic rings. The molecule has 0 spiro atoms. The molecule has 9 nitrogen and oxygen atoms in total. The first-order valence-electron chi connectivity index (χ1n) is 16.2. The molecule has 2 aromatic rings. The number of carbonyl (C=O) groups excluding carboxylic acids is 3. The molecule has 0 aliphatic heterocycles. The van der Waals surface area contributed by atoms with Gasteiger partial charge in [-0.25, -0.2) is 9.78 Å². The molecule has 0 bridgehead atoms. The number of benzene rings is 1. The zero-order valence-electron chi connectivity index (χ0n) is 27.3. The Morgan fingerprint density at radius 3 is 1.98 bits per heavy atom. The highest BCUT2D eigenvalue weighted by atomic mass is 16.5. The molecule has 1 aromatic carbocycles. The molecule has 1 amide bonds. The minimum atomic E-state index is -0.688. The summed E-state index contributed by atoms with van der Waals surface area (Å²) in [4.78, 5) is 42.4. The number of esters is 2. The third kappa shape index (κ3) is 16.2. The van der Waals surface area contributed by atoms with Crippen LogP contribution in [0.4, 0.5) is 0 Å². The predicted octanol–water partition coefficient (Wildman–Crippen LogP) is 7.22. The van der Waals surface area contributed by atoms with Crippen molar-refractivity contribution in [2.75, 3.05) is 33.4 Å². The largest absolute Gasteiger partial charge is 0.465 e. The summed E-state index contributed by atoms with van der Waals surface area (Å²) in [5.74, 6) is -1.72. The molecule has 0 saturated carbocycles. The number of unbranched alkanes of at least 4 members (excludes halogenated alkanes) is 11. The highest BCUT2D eigenvalue weighted by molar-refractivity contribution is 5.90. The minimum Gasteiger partial charge on any atom is -0.465 e. The number of nitrogens with zero attached hydrogens (tertiary/aromatic N) is 3. The van der Waals surface area contributed by atoms with Gasteiger partial charge >= 0.3 is 11.9 Å². The van der Waals surface area contributed by atoms with Crippen molar-refractivity contribution in [1.82, 2.24) is 14.5 Å². The number of aromatic nitrogens is 2. The van der Waals surface area contributed by atoms with Crippen LogP contribution in [-0.4, -0.2) is 65.7 Å². The first kappa shape index (κ1) is 37.7.